The van der Waals surface area contributed by atoms with Crippen LogP contribution in [-0.4, -0.2) is 24.1 Å². The van der Waals surface area contributed by atoms with Crippen LogP contribution in [0.2, 0.25) is 0 Å². The Morgan fingerprint density at radius 3 is 2.68 bits per heavy atom. The number of nitro benzene ring substituents is 1. The summed E-state index contributed by atoms with van der Waals surface area (Å²) in [5, 5.41) is 11.3. The van der Waals surface area contributed by atoms with Crippen molar-refractivity contribution in [3.8, 4) is 16.9 Å². The average molecular weight is 333 g/mol. The summed E-state index contributed by atoms with van der Waals surface area (Å²) in [4.78, 5) is 19.6. The number of aryl methyl sites for hydroxylation is 1. The second kappa shape index (κ2) is 5.55. The Labute approximate surface area is 143 Å². The van der Waals surface area contributed by atoms with E-state index < -0.39 is 0 Å². The quantitative estimate of drug-likeness (QED) is 0.423. The number of hydrogen-bond acceptors (Lipinski definition) is 4. The van der Waals surface area contributed by atoms with Gasteiger partial charge in [0, 0.05) is 36.3 Å². The number of nitrogens with zero attached hydrogens (tertiary/aromatic N) is 5. The average Bonchev–Trinajstić information content (AvgIpc) is 3.18. The first-order chi connectivity index (χ1) is 12.1. The number of aromatic nitrogens is 4. The van der Waals surface area contributed by atoms with Gasteiger partial charge in [0.05, 0.1) is 28.1 Å². The lowest BCUT2D eigenvalue weighted by Crippen LogP contribution is -2.08. The van der Waals surface area contributed by atoms with Crippen LogP contribution in [0.15, 0.2) is 55.1 Å². The molecule has 0 N–H and O–H groups in total. The molecule has 0 aliphatic rings. The molecule has 0 bridgehead atoms. The fourth-order valence-corrected chi connectivity index (χ4v) is 3.16. The molecule has 25 heavy (non-hydrogen) atoms. The number of nitro groups is 1. The Bertz CT molecular complexity index is 1100. The van der Waals surface area contributed by atoms with Crippen molar-refractivity contribution in [3.05, 3.63) is 76.4 Å². The second-order valence-electron chi connectivity index (χ2n) is 5.85. The zero-order valence-electron chi connectivity index (χ0n) is 13.7. The molecular weight excluding hydrogens is 318 g/mol. The van der Waals surface area contributed by atoms with Gasteiger partial charge in [-0.15, -0.1) is 0 Å². The molecule has 4 aromatic rings. The highest BCUT2D eigenvalue weighted by Crippen LogP contribution is 2.30. The standard InChI is InChI=1S/C18H15N5O2/c1-12-5-6-15(23(24)25)13(2)18(12)21-9-7-17-20-11-16(22(17)21)14-4-3-8-19-10-14/h3-11H,1-2H3. The number of rotatable bonds is 3. The van der Waals surface area contributed by atoms with Crippen LogP contribution >= 0.6 is 0 Å². The van der Waals surface area contributed by atoms with Crippen LogP contribution in [0.4, 0.5) is 5.69 Å². The van der Waals surface area contributed by atoms with Gasteiger partial charge in [0.25, 0.3) is 5.69 Å². The summed E-state index contributed by atoms with van der Waals surface area (Å²) >= 11 is 0. The molecule has 1 aromatic carbocycles. The summed E-state index contributed by atoms with van der Waals surface area (Å²) in [6.45, 7) is 3.71. The van der Waals surface area contributed by atoms with Gasteiger partial charge in [-0.05, 0) is 31.5 Å². The first-order valence-electron chi connectivity index (χ1n) is 7.78. The van der Waals surface area contributed by atoms with Crippen molar-refractivity contribution in [2.75, 3.05) is 0 Å². The molecule has 0 spiro atoms. The minimum absolute atomic E-state index is 0.102. The predicted molar refractivity (Wildman–Crippen MR) is 93.9 cm³/mol. The highest BCUT2D eigenvalue weighted by molar-refractivity contribution is 5.64. The molecule has 0 saturated heterocycles. The first-order valence-corrected chi connectivity index (χ1v) is 7.78. The Kier molecular flexibility index (Phi) is 3.35. The lowest BCUT2D eigenvalue weighted by atomic mass is 10.1. The number of benzene rings is 1. The Morgan fingerprint density at radius 1 is 1.12 bits per heavy atom. The van der Waals surface area contributed by atoms with Gasteiger partial charge in [-0.1, -0.05) is 6.07 Å². The highest BCUT2D eigenvalue weighted by atomic mass is 16.6. The van der Waals surface area contributed by atoms with Gasteiger partial charge in [-0.25, -0.2) is 9.50 Å². The van der Waals surface area contributed by atoms with Gasteiger partial charge >= 0.3 is 0 Å². The first kappa shape index (κ1) is 15.1. The van der Waals surface area contributed by atoms with E-state index in [0.29, 0.717) is 5.56 Å². The molecule has 0 aliphatic carbocycles. The molecule has 0 radical (unpaired) electrons. The molecule has 4 rings (SSSR count). The maximum absolute atomic E-state index is 11.3. The monoisotopic (exact) mass is 333 g/mol. The minimum atomic E-state index is -0.352. The molecule has 3 heterocycles. The third-order valence-corrected chi connectivity index (χ3v) is 4.33. The lowest BCUT2D eigenvalue weighted by molar-refractivity contribution is -0.385. The van der Waals surface area contributed by atoms with Crippen molar-refractivity contribution < 1.29 is 4.92 Å². The van der Waals surface area contributed by atoms with Crippen molar-refractivity contribution in [2.45, 2.75) is 13.8 Å². The van der Waals surface area contributed by atoms with E-state index >= 15 is 0 Å². The number of fused-ring (bicyclic) bond motifs is 1. The van der Waals surface area contributed by atoms with Gasteiger partial charge in [-0.3, -0.25) is 19.8 Å². The normalized spacial score (nSPS) is 11.1. The predicted octanol–water partition coefficient (Wildman–Crippen LogP) is 3.71. The Balaban J connectivity index is 2.02. The maximum atomic E-state index is 11.3. The van der Waals surface area contributed by atoms with Gasteiger partial charge in [0.2, 0.25) is 0 Å². The molecule has 0 saturated carbocycles. The number of imidazole rings is 1. The maximum Gasteiger partial charge on any atom is 0.274 e. The molecule has 3 aromatic heterocycles. The van der Waals surface area contributed by atoms with Crippen LogP contribution in [0, 0.1) is 24.0 Å². The van der Waals surface area contributed by atoms with Crippen LogP contribution < -0.4 is 0 Å². The molecule has 7 heteroatoms. The summed E-state index contributed by atoms with van der Waals surface area (Å²) in [5.74, 6) is 0. The van der Waals surface area contributed by atoms with E-state index in [1.165, 1.54) is 0 Å². The summed E-state index contributed by atoms with van der Waals surface area (Å²) in [7, 11) is 0. The largest absolute Gasteiger partial charge is 0.274 e. The third kappa shape index (κ3) is 2.28. The third-order valence-electron chi connectivity index (χ3n) is 4.33. The lowest BCUT2D eigenvalue weighted by Gasteiger charge is -2.14. The molecule has 124 valence electrons. The SMILES string of the molecule is Cc1ccc([N+](=O)[O-])c(C)c1-n1ccc2ncc(-c3cccnc3)n21. The van der Waals surface area contributed by atoms with Crippen LogP contribution in [-0.2, 0) is 0 Å². The van der Waals surface area contributed by atoms with Crippen molar-refractivity contribution in [1.82, 2.24) is 19.2 Å². The molecule has 7 nitrogen and oxygen atoms in total. The van der Waals surface area contributed by atoms with Crippen LogP contribution in [0.5, 0.6) is 0 Å². The van der Waals surface area contributed by atoms with Crippen molar-refractivity contribution in [3.63, 3.8) is 0 Å². The van der Waals surface area contributed by atoms with Crippen molar-refractivity contribution in [2.24, 2.45) is 0 Å². The van der Waals surface area contributed by atoms with Gasteiger partial charge < -0.3 is 0 Å². The van der Waals surface area contributed by atoms with Gasteiger partial charge in [-0.2, -0.15) is 0 Å². The smallest absolute Gasteiger partial charge is 0.264 e. The van der Waals surface area contributed by atoms with Crippen molar-refractivity contribution >= 4 is 11.3 Å². The fourth-order valence-electron chi connectivity index (χ4n) is 3.16. The Morgan fingerprint density at radius 2 is 1.96 bits per heavy atom. The molecule has 0 fully saturated rings. The summed E-state index contributed by atoms with van der Waals surface area (Å²) in [6, 6.07) is 9.03. The summed E-state index contributed by atoms with van der Waals surface area (Å²) in [6.07, 6.45) is 7.15. The van der Waals surface area contributed by atoms with E-state index in [2.05, 4.69) is 9.97 Å². The molecular formula is C18H15N5O2. The molecule has 0 aliphatic heterocycles. The van der Waals surface area contributed by atoms with Crippen LogP contribution in [0.1, 0.15) is 11.1 Å². The zero-order chi connectivity index (χ0) is 17.6. The van der Waals surface area contributed by atoms with Crippen molar-refractivity contribution in [1.29, 1.82) is 0 Å². The van der Waals surface area contributed by atoms with E-state index in [1.807, 2.05) is 40.5 Å². The highest BCUT2D eigenvalue weighted by Gasteiger charge is 2.19. The van der Waals surface area contributed by atoms with E-state index in [1.54, 1.807) is 37.6 Å². The van der Waals surface area contributed by atoms with Gasteiger partial charge in [0.15, 0.2) is 5.65 Å². The Hall–Kier alpha value is -3.48. The van der Waals surface area contributed by atoms with Gasteiger partial charge in [0.1, 0.15) is 0 Å². The van der Waals surface area contributed by atoms with Crippen LogP contribution in [0.25, 0.3) is 22.6 Å². The van der Waals surface area contributed by atoms with E-state index in [0.717, 1.165) is 28.2 Å². The van der Waals surface area contributed by atoms with E-state index in [-0.39, 0.29) is 10.6 Å². The topological polar surface area (TPSA) is 78.3 Å². The summed E-state index contributed by atoms with van der Waals surface area (Å²) < 4.78 is 3.85. The molecule has 0 amide bonds. The second-order valence-corrected chi connectivity index (χ2v) is 5.85. The minimum Gasteiger partial charge on any atom is -0.264 e. The molecule has 0 unspecified atom stereocenters. The number of hydrogen-bond donors (Lipinski definition) is 0. The number of pyridine rings is 1. The molecule has 0 atom stereocenters. The van der Waals surface area contributed by atoms with E-state index in [4.69, 9.17) is 0 Å². The summed E-state index contributed by atoms with van der Waals surface area (Å²) in [5.41, 5.74) is 5.02. The van der Waals surface area contributed by atoms with Crippen LogP contribution in [0.3, 0.4) is 0 Å². The fraction of sp³-hybridized carbons (Fsp3) is 0.111. The zero-order valence-corrected chi connectivity index (χ0v) is 13.7. The van der Waals surface area contributed by atoms with E-state index in [9.17, 15) is 10.1 Å².